The number of allylic oxidation sites excluding steroid dienone is 2. The van der Waals surface area contributed by atoms with Gasteiger partial charge in [0.2, 0.25) is 0 Å². The molecule has 0 bridgehead atoms. The van der Waals surface area contributed by atoms with Gasteiger partial charge in [-0.3, -0.25) is 14.2 Å². The molecule has 2 atom stereocenters. The summed E-state index contributed by atoms with van der Waals surface area (Å²) in [6.45, 7) is 1.73. The molecule has 0 saturated heterocycles. The lowest BCUT2D eigenvalue weighted by Crippen LogP contribution is -2.42. The molecule has 7 nitrogen and oxygen atoms in total. The molecule has 3 heterocycles. The van der Waals surface area contributed by atoms with Crippen LogP contribution in [0, 0.1) is 6.92 Å². The lowest BCUT2D eigenvalue weighted by Gasteiger charge is -2.28. The first kappa shape index (κ1) is 15.5. The summed E-state index contributed by atoms with van der Waals surface area (Å²) in [5.74, 6) is 0.382. The largest absolute Gasteiger partial charge is 0.384 e. The number of nitrogens with two attached hydrogens (primary N) is 1. The molecule has 0 aromatic carbocycles. The number of carbonyl (C=O) groups is 1. The second-order valence-corrected chi connectivity index (χ2v) is 6.38. The number of Topliss-reactive ketones (excluding diaryl/α,β-unsaturated/α-hetero) is 1. The maximum atomic E-state index is 14.6. The van der Waals surface area contributed by atoms with E-state index in [-0.39, 0.29) is 35.8 Å². The van der Waals surface area contributed by atoms with Gasteiger partial charge >= 0.3 is 0 Å². The molecule has 3 N–H and O–H groups in total. The van der Waals surface area contributed by atoms with Gasteiger partial charge in [-0.15, -0.1) is 0 Å². The van der Waals surface area contributed by atoms with Crippen molar-refractivity contribution in [2.75, 3.05) is 11.1 Å². The molecular formula is C17H16FN5O2. The van der Waals surface area contributed by atoms with Gasteiger partial charge in [0, 0.05) is 12.5 Å². The van der Waals surface area contributed by atoms with Crippen molar-refractivity contribution < 1.29 is 9.18 Å². The van der Waals surface area contributed by atoms with Gasteiger partial charge in [0.25, 0.3) is 5.56 Å². The van der Waals surface area contributed by atoms with E-state index in [0.717, 1.165) is 0 Å². The smallest absolute Gasteiger partial charge is 0.275 e. The number of anilines is 3. The van der Waals surface area contributed by atoms with Gasteiger partial charge in [-0.1, -0.05) is 12.2 Å². The van der Waals surface area contributed by atoms with Gasteiger partial charge in [0.15, 0.2) is 5.78 Å². The van der Waals surface area contributed by atoms with Crippen LogP contribution in [0.3, 0.4) is 0 Å². The Morgan fingerprint density at radius 3 is 2.84 bits per heavy atom. The third-order valence-electron chi connectivity index (χ3n) is 4.76. The summed E-state index contributed by atoms with van der Waals surface area (Å²) in [6.07, 6.45) is 3.44. The number of aromatic nitrogens is 3. The highest BCUT2D eigenvalue weighted by atomic mass is 19.1. The van der Waals surface area contributed by atoms with E-state index in [1.54, 1.807) is 25.1 Å². The second-order valence-electron chi connectivity index (χ2n) is 6.38. The zero-order valence-electron chi connectivity index (χ0n) is 13.5. The molecule has 8 heteroatoms. The average molecular weight is 341 g/mol. The van der Waals surface area contributed by atoms with Crippen molar-refractivity contribution in [2.45, 2.75) is 31.5 Å². The second kappa shape index (κ2) is 5.23. The van der Waals surface area contributed by atoms with Crippen molar-refractivity contribution in [3.8, 4) is 0 Å². The topological polar surface area (TPSA) is 103 Å². The highest BCUT2D eigenvalue weighted by molar-refractivity contribution is 5.99. The summed E-state index contributed by atoms with van der Waals surface area (Å²) in [5, 5.41) is 2.90. The minimum absolute atomic E-state index is 0.0370. The van der Waals surface area contributed by atoms with E-state index in [1.807, 2.05) is 0 Å². The van der Waals surface area contributed by atoms with Crippen LogP contribution < -0.4 is 16.6 Å². The van der Waals surface area contributed by atoms with Crippen molar-refractivity contribution in [3.05, 3.63) is 52.2 Å². The van der Waals surface area contributed by atoms with E-state index in [1.165, 1.54) is 17.0 Å². The van der Waals surface area contributed by atoms with Crippen LogP contribution in [0.1, 0.15) is 28.9 Å². The Bertz CT molecular complexity index is 983. The van der Waals surface area contributed by atoms with E-state index in [9.17, 15) is 14.0 Å². The van der Waals surface area contributed by atoms with Crippen molar-refractivity contribution in [1.82, 2.24) is 14.5 Å². The molecule has 0 fully saturated rings. The predicted octanol–water partition coefficient (Wildman–Crippen LogP) is 1.85. The zero-order chi connectivity index (χ0) is 17.8. The normalized spacial score (nSPS) is 24.1. The molecule has 2 aromatic heterocycles. The first-order valence-corrected chi connectivity index (χ1v) is 7.89. The van der Waals surface area contributed by atoms with Crippen LogP contribution >= 0.6 is 0 Å². The van der Waals surface area contributed by atoms with Crippen LogP contribution in [0.15, 0.2) is 35.4 Å². The number of rotatable bonds is 2. The highest BCUT2D eigenvalue weighted by Gasteiger charge is 2.51. The molecule has 0 saturated carbocycles. The van der Waals surface area contributed by atoms with E-state index in [0.29, 0.717) is 11.4 Å². The van der Waals surface area contributed by atoms with Gasteiger partial charge < -0.3 is 11.1 Å². The van der Waals surface area contributed by atoms with Crippen molar-refractivity contribution in [2.24, 2.45) is 0 Å². The van der Waals surface area contributed by atoms with E-state index in [4.69, 9.17) is 5.73 Å². The van der Waals surface area contributed by atoms with Gasteiger partial charge in [0.05, 0.1) is 5.69 Å². The summed E-state index contributed by atoms with van der Waals surface area (Å²) in [5.41, 5.74) is 5.03. The number of alkyl halides is 1. The zero-order valence-corrected chi connectivity index (χ0v) is 13.5. The Balaban J connectivity index is 1.89. The van der Waals surface area contributed by atoms with E-state index < -0.39 is 17.3 Å². The Kier molecular flexibility index (Phi) is 3.24. The number of aryl methyl sites for hydroxylation is 1. The third kappa shape index (κ3) is 2.17. The number of pyridine rings is 1. The number of ketones is 1. The summed E-state index contributed by atoms with van der Waals surface area (Å²) >= 11 is 0. The molecule has 0 amide bonds. The summed E-state index contributed by atoms with van der Waals surface area (Å²) in [4.78, 5) is 33.3. The lowest BCUT2D eigenvalue weighted by molar-refractivity contribution is 0.0951. The number of nitrogen functional groups attached to an aromatic ring is 1. The minimum atomic E-state index is -1.31. The minimum Gasteiger partial charge on any atom is -0.384 e. The van der Waals surface area contributed by atoms with E-state index in [2.05, 4.69) is 15.3 Å². The summed E-state index contributed by atoms with van der Waals surface area (Å²) in [6, 6.07) is 3.07. The molecule has 1 spiro atoms. The number of nitrogens with one attached hydrogen (secondary N) is 1. The Morgan fingerprint density at radius 2 is 2.16 bits per heavy atom. The molecule has 0 radical (unpaired) electrons. The number of hydrogen-bond acceptors (Lipinski definition) is 6. The fourth-order valence-corrected chi connectivity index (χ4v) is 3.66. The third-order valence-corrected chi connectivity index (χ3v) is 4.76. The van der Waals surface area contributed by atoms with Crippen molar-refractivity contribution >= 4 is 23.1 Å². The molecule has 2 unspecified atom stereocenters. The molecule has 2 aromatic rings. The highest BCUT2D eigenvalue weighted by Crippen LogP contribution is 2.43. The summed E-state index contributed by atoms with van der Waals surface area (Å²) in [7, 11) is 0. The van der Waals surface area contributed by atoms with E-state index >= 15 is 0 Å². The molecule has 4 rings (SSSR count). The number of nitrogens with zero attached hydrogens (tertiary/aromatic N) is 3. The molecule has 25 heavy (non-hydrogen) atoms. The quantitative estimate of drug-likeness (QED) is 0.808. The van der Waals surface area contributed by atoms with Crippen LogP contribution in [0.5, 0.6) is 0 Å². The Morgan fingerprint density at radius 1 is 1.36 bits per heavy atom. The molecule has 1 aliphatic heterocycles. The van der Waals surface area contributed by atoms with Gasteiger partial charge in [0.1, 0.15) is 35.4 Å². The fraction of sp³-hybridized carbons (Fsp3) is 0.294. The number of carbonyl (C=O) groups excluding carboxylic acids is 1. The predicted molar refractivity (Wildman–Crippen MR) is 90.7 cm³/mol. The van der Waals surface area contributed by atoms with Gasteiger partial charge in [-0.25, -0.2) is 14.4 Å². The maximum Gasteiger partial charge on any atom is 0.275 e. The number of fused-ring (bicyclic) bond motifs is 2. The van der Waals surface area contributed by atoms with Crippen molar-refractivity contribution in [1.29, 1.82) is 0 Å². The Labute approximate surface area is 142 Å². The Hall–Kier alpha value is -3.03. The number of hydrogen-bond donors (Lipinski definition) is 2. The summed E-state index contributed by atoms with van der Waals surface area (Å²) < 4.78 is 15.9. The van der Waals surface area contributed by atoms with Crippen LogP contribution in [0.4, 0.5) is 21.7 Å². The molecular weight excluding hydrogens is 325 g/mol. The van der Waals surface area contributed by atoms with Gasteiger partial charge in [-0.05, 0) is 25.0 Å². The number of halogens is 1. The molecule has 128 valence electrons. The fourth-order valence-electron chi connectivity index (χ4n) is 3.66. The average Bonchev–Trinajstić information content (AvgIpc) is 3.06. The van der Waals surface area contributed by atoms with Crippen LogP contribution in [0.2, 0.25) is 0 Å². The lowest BCUT2D eigenvalue weighted by atomic mass is 9.94. The molecule has 1 aliphatic carbocycles. The van der Waals surface area contributed by atoms with Crippen LogP contribution in [-0.4, -0.2) is 26.5 Å². The van der Waals surface area contributed by atoms with Crippen LogP contribution in [0.25, 0.3) is 0 Å². The SMILES string of the molecule is Cc1cc(Nc2cc(N)ncn2)c(=O)n2c1C(=O)CC21C=CCC1F. The van der Waals surface area contributed by atoms with Crippen LogP contribution in [-0.2, 0) is 5.54 Å². The van der Waals surface area contributed by atoms with Crippen molar-refractivity contribution in [3.63, 3.8) is 0 Å². The molecule has 2 aliphatic rings. The standard InChI is InChI=1S/C17H16FN5O2/c1-9-5-10(22-14-6-13(19)20-8-21-14)16(25)23-15(9)11(24)7-17(23)4-2-3-12(17)18/h2,4-6,8,12H,3,7H2,1H3,(H3,19,20,21,22). The monoisotopic (exact) mass is 341 g/mol. The first-order chi connectivity index (χ1) is 11.9. The maximum absolute atomic E-state index is 14.6. The first-order valence-electron chi connectivity index (χ1n) is 7.89. The van der Waals surface area contributed by atoms with Gasteiger partial charge in [-0.2, -0.15) is 0 Å².